The minimum absolute atomic E-state index is 0.0588. The van der Waals surface area contributed by atoms with E-state index in [2.05, 4.69) is 0 Å². The number of Topliss-reactive ketones (excluding diaryl/α,β-unsaturated/α-hetero) is 1. The zero-order valence-corrected chi connectivity index (χ0v) is 17.0. The van der Waals surface area contributed by atoms with E-state index in [9.17, 15) is 9.59 Å². The van der Waals surface area contributed by atoms with Gasteiger partial charge in [-0.15, -0.1) is 0 Å². The van der Waals surface area contributed by atoms with Crippen LogP contribution in [-0.2, 0) is 4.79 Å². The van der Waals surface area contributed by atoms with E-state index < -0.39 is 0 Å². The number of carbonyl (C=O) groups excluding carboxylic acids is 2. The number of likely N-dealkylation sites (tertiary alicyclic amines) is 1. The van der Waals surface area contributed by atoms with Crippen LogP contribution in [0.25, 0.3) is 6.08 Å². The van der Waals surface area contributed by atoms with E-state index in [4.69, 9.17) is 27.9 Å². The van der Waals surface area contributed by atoms with Crippen LogP contribution in [0.15, 0.2) is 48.5 Å². The van der Waals surface area contributed by atoms with Gasteiger partial charge in [0, 0.05) is 30.6 Å². The fourth-order valence-corrected chi connectivity index (χ4v) is 3.55. The second kappa shape index (κ2) is 9.26. The first-order valence-electron chi connectivity index (χ1n) is 9.08. The molecule has 0 spiro atoms. The number of hydrogen-bond donors (Lipinski definition) is 0. The van der Waals surface area contributed by atoms with Gasteiger partial charge in [-0.3, -0.25) is 9.59 Å². The molecule has 1 saturated heterocycles. The Hall–Kier alpha value is -2.30. The van der Waals surface area contributed by atoms with Crippen LogP contribution in [0.4, 0.5) is 0 Å². The first-order chi connectivity index (χ1) is 13.5. The number of ketones is 1. The SMILES string of the molecule is COc1ccc(C(=O)C2CCN(C(=O)/C=C/c3ccc(Cl)c(Cl)c3)CC2)cc1. The monoisotopic (exact) mass is 417 g/mol. The topological polar surface area (TPSA) is 46.6 Å². The van der Waals surface area contributed by atoms with E-state index in [0.717, 1.165) is 11.3 Å². The Morgan fingerprint density at radius 1 is 1.04 bits per heavy atom. The van der Waals surface area contributed by atoms with Crippen LogP contribution in [-0.4, -0.2) is 36.8 Å². The van der Waals surface area contributed by atoms with Gasteiger partial charge in [-0.1, -0.05) is 29.3 Å². The molecule has 1 heterocycles. The maximum Gasteiger partial charge on any atom is 0.246 e. The molecule has 0 N–H and O–H groups in total. The lowest BCUT2D eigenvalue weighted by atomic mass is 9.89. The first-order valence-corrected chi connectivity index (χ1v) is 9.84. The van der Waals surface area contributed by atoms with Crippen molar-refractivity contribution in [1.82, 2.24) is 4.90 Å². The van der Waals surface area contributed by atoms with Crippen molar-refractivity contribution >= 4 is 41.0 Å². The average Bonchev–Trinajstić information content (AvgIpc) is 2.74. The number of hydrogen-bond acceptors (Lipinski definition) is 3. The summed E-state index contributed by atoms with van der Waals surface area (Å²) in [5.74, 6) is 0.727. The fraction of sp³-hybridized carbons (Fsp3) is 0.273. The minimum atomic E-state index is -0.0681. The predicted octanol–water partition coefficient (Wildman–Crippen LogP) is 5.14. The Kier molecular flexibility index (Phi) is 6.76. The summed E-state index contributed by atoms with van der Waals surface area (Å²) in [6.07, 6.45) is 4.58. The van der Waals surface area contributed by atoms with Crippen molar-refractivity contribution in [1.29, 1.82) is 0 Å². The maximum atomic E-state index is 12.7. The Balaban J connectivity index is 1.55. The van der Waals surface area contributed by atoms with Gasteiger partial charge < -0.3 is 9.64 Å². The van der Waals surface area contributed by atoms with Gasteiger partial charge in [0.05, 0.1) is 17.2 Å². The summed E-state index contributed by atoms with van der Waals surface area (Å²) < 4.78 is 5.13. The average molecular weight is 418 g/mol. The first kappa shape index (κ1) is 20.4. The molecular weight excluding hydrogens is 397 g/mol. The molecular formula is C22H21Cl2NO3. The molecule has 0 bridgehead atoms. The van der Waals surface area contributed by atoms with E-state index in [1.165, 1.54) is 6.08 Å². The third kappa shape index (κ3) is 4.94. The molecule has 1 fully saturated rings. The van der Waals surface area contributed by atoms with Gasteiger partial charge in [0.25, 0.3) is 0 Å². The molecule has 2 aromatic carbocycles. The molecule has 2 aromatic rings. The van der Waals surface area contributed by atoms with Gasteiger partial charge in [0.2, 0.25) is 5.91 Å². The Bertz CT molecular complexity index is 885. The van der Waals surface area contributed by atoms with Crippen LogP contribution in [0.2, 0.25) is 10.0 Å². The van der Waals surface area contributed by atoms with Crippen molar-refractivity contribution in [2.24, 2.45) is 5.92 Å². The number of ether oxygens (including phenoxy) is 1. The number of rotatable bonds is 5. The van der Waals surface area contributed by atoms with Crippen molar-refractivity contribution in [3.63, 3.8) is 0 Å². The van der Waals surface area contributed by atoms with Crippen LogP contribution >= 0.6 is 23.2 Å². The number of carbonyl (C=O) groups is 2. The number of halogens is 2. The number of nitrogens with zero attached hydrogens (tertiary/aromatic N) is 1. The highest BCUT2D eigenvalue weighted by molar-refractivity contribution is 6.42. The van der Waals surface area contributed by atoms with Crippen molar-refractivity contribution in [2.75, 3.05) is 20.2 Å². The summed E-state index contributed by atoms with van der Waals surface area (Å²) in [5, 5.41) is 0.933. The second-order valence-electron chi connectivity index (χ2n) is 6.70. The molecule has 0 aliphatic carbocycles. The molecule has 1 aliphatic rings. The molecule has 1 aliphatic heterocycles. The van der Waals surface area contributed by atoms with Crippen LogP contribution < -0.4 is 4.74 Å². The van der Waals surface area contributed by atoms with E-state index in [1.807, 2.05) is 0 Å². The predicted molar refractivity (Wildman–Crippen MR) is 112 cm³/mol. The van der Waals surface area contributed by atoms with E-state index >= 15 is 0 Å². The Morgan fingerprint density at radius 3 is 2.32 bits per heavy atom. The normalized spacial score (nSPS) is 15.0. The van der Waals surface area contributed by atoms with E-state index in [-0.39, 0.29) is 17.6 Å². The van der Waals surface area contributed by atoms with Crippen LogP contribution in [0.3, 0.4) is 0 Å². The number of benzene rings is 2. The standard InChI is InChI=1S/C22H21Cl2NO3/c1-28-18-6-4-16(5-7-18)22(27)17-10-12-25(13-11-17)21(26)9-3-15-2-8-19(23)20(24)14-15/h2-9,14,17H,10-13H2,1H3/b9-3+. The third-order valence-corrected chi connectivity index (χ3v) is 5.65. The quantitative estimate of drug-likeness (QED) is 0.499. The lowest BCUT2D eigenvalue weighted by Crippen LogP contribution is -2.39. The molecule has 28 heavy (non-hydrogen) atoms. The highest BCUT2D eigenvalue weighted by Crippen LogP contribution is 2.25. The lowest BCUT2D eigenvalue weighted by molar-refractivity contribution is -0.127. The van der Waals surface area contributed by atoms with E-state index in [0.29, 0.717) is 41.5 Å². The molecule has 1 amide bonds. The summed E-state index contributed by atoms with van der Waals surface area (Å²) in [6.45, 7) is 1.13. The summed E-state index contributed by atoms with van der Waals surface area (Å²) in [5.41, 5.74) is 1.50. The number of piperidine rings is 1. The maximum absolute atomic E-state index is 12.7. The van der Waals surface area contributed by atoms with Gasteiger partial charge in [-0.05, 0) is 60.9 Å². The third-order valence-electron chi connectivity index (χ3n) is 4.91. The van der Waals surface area contributed by atoms with Crippen molar-refractivity contribution in [3.05, 3.63) is 69.7 Å². The Morgan fingerprint density at radius 2 is 1.71 bits per heavy atom. The fourth-order valence-electron chi connectivity index (χ4n) is 3.24. The zero-order valence-electron chi connectivity index (χ0n) is 15.5. The second-order valence-corrected chi connectivity index (χ2v) is 7.51. The van der Waals surface area contributed by atoms with Crippen molar-refractivity contribution in [3.8, 4) is 5.75 Å². The number of amides is 1. The lowest BCUT2D eigenvalue weighted by Gasteiger charge is -2.30. The van der Waals surface area contributed by atoms with Crippen molar-refractivity contribution < 1.29 is 14.3 Å². The molecule has 0 radical (unpaired) electrons. The minimum Gasteiger partial charge on any atom is -0.497 e. The van der Waals surface area contributed by atoms with Crippen LogP contribution in [0.1, 0.15) is 28.8 Å². The van der Waals surface area contributed by atoms with E-state index in [1.54, 1.807) is 60.6 Å². The zero-order chi connectivity index (χ0) is 20.1. The molecule has 0 aromatic heterocycles. The van der Waals surface area contributed by atoms with Crippen LogP contribution in [0, 0.1) is 5.92 Å². The van der Waals surface area contributed by atoms with Gasteiger partial charge in [-0.25, -0.2) is 0 Å². The summed E-state index contributed by atoms with van der Waals surface area (Å²) in [7, 11) is 1.60. The van der Waals surface area contributed by atoms with Gasteiger partial charge in [-0.2, -0.15) is 0 Å². The molecule has 4 nitrogen and oxygen atoms in total. The highest BCUT2D eigenvalue weighted by atomic mass is 35.5. The largest absolute Gasteiger partial charge is 0.497 e. The van der Waals surface area contributed by atoms with Gasteiger partial charge in [0.1, 0.15) is 5.75 Å². The molecule has 0 atom stereocenters. The molecule has 3 rings (SSSR count). The molecule has 6 heteroatoms. The summed E-state index contributed by atoms with van der Waals surface area (Å²) in [4.78, 5) is 26.9. The smallest absolute Gasteiger partial charge is 0.246 e. The molecule has 0 saturated carbocycles. The van der Waals surface area contributed by atoms with Crippen molar-refractivity contribution in [2.45, 2.75) is 12.8 Å². The van der Waals surface area contributed by atoms with Gasteiger partial charge in [0.15, 0.2) is 5.78 Å². The Labute approximate surface area is 174 Å². The number of methoxy groups -OCH3 is 1. The summed E-state index contributed by atoms with van der Waals surface area (Å²) >= 11 is 11.9. The van der Waals surface area contributed by atoms with Crippen LogP contribution in [0.5, 0.6) is 5.75 Å². The molecule has 0 unspecified atom stereocenters. The highest BCUT2D eigenvalue weighted by Gasteiger charge is 2.27. The van der Waals surface area contributed by atoms with Gasteiger partial charge >= 0.3 is 0 Å². The summed E-state index contributed by atoms with van der Waals surface area (Å²) in [6, 6.07) is 12.4. The molecule has 146 valence electrons.